The van der Waals surface area contributed by atoms with Crippen LogP contribution in [0.15, 0.2) is 65.7 Å². The molecule has 0 aliphatic rings. The fourth-order valence-electron chi connectivity index (χ4n) is 5.20. The molecule has 0 saturated heterocycles. The molecule has 0 radical (unpaired) electrons. The predicted octanol–water partition coefficient (Wildman–Crippen LogP) is 6.11. The maximum atomic E-state index is 13.7. The number of nitrogens with zero attached hydrogens (tertiary/aromatic N) is 4. The zero-order valence-electron chi connectivity index (χ0n) is 24.7. The van der Waals surface area contributed by atoms with E-state index in [9.17, 15) is 18.8 Å². The standard InChI is InChI=1S/C32H36N4O4SSi/c1-22-6-9-26(10-7-22)41(38,39)36-13-12-27-28(23(2)16-25(20-37)32(27)36)18-31-34-29-17-24(19-33)8-11-30(29)35(31)21-40-14-15-42(3,4)5/h6-13,16-17,37H,14-15,18,20-21H2,1-5H3. The van der Waals surface area contributed by atoms with Gasteiger partial charge < -0.3 is 14.4 Å². The highest BCUT2D eigenvalue weighted by Gasteiger charge is 2.24. The number of aryl methyl sites for hydroxylation is 2. The van der Waals surface area contributed by atoms with Crippen LogP contribution in [0.4, 0.5) is 0 Å². The molecular formula is C32H36N4O4SSi. The van der Waals surface area contributed by atoms with Crippen LogP contribution in [0.3, 0.4) is 0 Å². The van der Waals surface area contributed by atoms with Crippen molar-refractivity contribution in [3.63, 3.8) is 0 Å². The van der Waals surface area contributed by atoms with E-state index < -0.39 is 18.1 Å². The summed E-state index contributed by atoms with van der Waals surface area (Å²) in [6.45, 7) is 11.5. The Kier molecular flexibility index (Phi) is 8.14. The van der Waals surface area contributed by atoms with E-state index in [4.69, 9.17) is 9.72 Å². The Morgan fingerprint density at radius 3 is 2.45 bits per heavy atom. The van der Waals surface area contributed by atoms with Crippen molar-refractivity contribution in [3.05, 3.63) is 94.4 Å². The fraction of sp³-hybridized carbons (Fsp3) is 0.312. The number of aliphatic hydroxyl groups excluding tert-OH is 1. The van der Waals surface area contributed by atoms with Crippen molar-refractivity contribution in [2.24, 2.45) is 0 Å². The van der Waals surface area contributed by atoms with Crippen molar-refractivity contribution in [3.8, 4) is 6.07 Å². The molecule has 2 heterocycles. The van der Waals surface area contributed by atoms with Crippen molar-refractivity contribution in [2.75, 3.05) is 6.61 Å². The van der Waals surface area contributed by atoms with Crippen LogP contribution in [-0.2, 0) is 34.5 Å². The summed E-state index contributed by atoms with van der Waals surface area (Å²) in [6, 6.07) is 19.1. The summed E-state index contributed by atoms with van der Waals surface area (Å²) < 4.78 is 36.9. The molecule has 0 fully saturated rings. The third-order valence-corrected chi connectivity index (χ3v) is 11.0. The van der Waals surface area contributed by atoms with Gasteiger partial charge in [-0.1, -0.05) is 43.4 Å². The topological polar surface area (TPSA) is 110 Å². The Bertz CT molecular complexity index is 1930. The number of ether oxygens (including phenoxy) is 1. The lowest BCUT2D eigenvalue weighted by molar-refractivity contribution is 0.0881. The highest BCUT2D eigenvalue weighted by Crippen LogP contribution is 2.32. The highest BCUT2D eigenvalue weighted by molar-refractivity contribution is 7.90. The summed E-state index contributed by atoms with van der Waals surface area (Å²) in [6.07, 6.45) is 1.97. The molecule has 0 aliphatic carbocycles. The van der Waals surface area contributed by atoms with Gasteiger partial charge in [-0.2, -0.15) is 5.26 Å². The number of benzene rings is 3. The van der Waals surface area contributed by atoms with Crippen molar-refractivity contribution in [1.29, 1.82) is 5.26 Å². The second-order valence-corrected chi connectivity index (χ2v) is 19.4. The molecule has 1 N–H and O–H groups in total. The summed E-state index contributed by atoms with van der Waals surface area (Å²) in [7, 11) is -5.17. The van der Waals surface area contributed by atoms with E-state index in [1.54, 1.807) is 48.7 Å². The summed E-state index contributed by atoms with van der Waals surface area (Å²) in [5.74, 6) is 0.753. The molecule has 2 aromatic heterocycles. The average Bonchev–Trinajstić information content (AvgIpc) is 3.54. The van der Waals surface area contributed by atoms with Gasteiger partial charge in [-0.05, 0) is 67.4 Å². The molecule has 3 aromatic carbocycles. The van der Waals surface area contributed by atoms with Gasteiger partial charge in [0.1, 0.15) is 12.6 Å². The number of aromatic nitrogens is 3. The molecule has 0 bridgehead atoms. The molecule has 0 spiro atoms. The third-order valence-electron chi connectivity index (χ3n) is 7.60. The first-order valence-corrected chi connectivity index (χ1v) is 19.1. The van der Waals surface area contributed by atoms with Crippen molar-refractivity contribution >= 4 is 40.0 Å². The van der Waals surface area contributed by atoms with Crippen LogP contribution in [0.2, 0.25) is 25.7 Å². The Morgan fingerprint density at radius 2 is 1.79 bits per heavy atom. The van der Waals surface area contributed by atoms with Gasteiger partial charge in [0, 0.05) is 38.2 Å². The smallest absolute Gasteiger partial charge is 0.268 e. The van der Waals surface area contributed by atoms with Crippen molar-refractivity contribution in [2.45, 2.75) is 64.2 Å². The van der Waals surface area contributed by atoms with Gasteiger partial charge in [0.25, 0.3) is 10.0 Å². The maximum Gasteiger partial charge on any atom is 0.268 e. The van der Waals surface area contributed by atoms with Crippen LogP contribution in [0.5, 0.6) is 0 Å². The van der Waals surface area contributed by atoms with Gasteiger partial charge in [-0.3, -0.25) is 0 Å². The quantitative estimate of drug-likeness (QED) is 0.153. The van der Waals surface area contributed by atoms with E-state index in [0.29, 0.717) is 41.9 Å². The monoisotopic (exact) mass is 600 g/mol. The average molecular weight is 601 g/mol. The van der Waals surface area contributed by atoms with E-state index in [1.807, 2.05) is 30.5 Å². The van der Waals surface area contributed by atoms with Crippen LogP contribution >= 0.6 is 0 Å². The molecule has 0 saturated carbocycles. The maximum absolute atomic E-state index is 13.7. The molecule has 0 amide bonds. The highest BCUT2D eigenvalue weighted by atomic mass is 32.2. The third kappa shape index (κ3) is 5.78. The molecule has 0 unspecified atom stereocenters. The lowest BCUT2D eigenvalue weighted by atomic mass is 9.97. The first-order chi connectivity index (χ1) is 19.9. The Hall–Kier alpha value is -3.75. The van der Waals surface area contributed by atoms with E-state index in [0.717, 1.165) is 39.5 Å². The first-order valence-electron chi connectivity index (χ1n) is 14.0. The SMILES string of the molecule is Cc1ccc(S(=O)(=O)n2ccc3c(Cc4nc5cc(C#N)ccc5n4COCC[Si](C)(C)C)c(C)cc(CO)c32)cc1. The number of hydrogen-bond acceptors (Lipinski definition) is 6. The zero-order valence-corrected chi connectivity index (χ0v) is 26.5. The number of rotatable bonds is 10. The Morgan fingerprint density at radius 1 is 1.05 bits per heavy atom. The minimum absolute atomic E-state index is 0.183. The summed E-state index contributed by atoms with van der Waals surface area (Å²) >= 11 is 0. The minimum atomic E-state index is -3.90. The van der Waals surface area contributed by atoms with Crippen molar-refractivity contribution in [1.82, 2.24) is 13.5 Å². The molecule has 5 aromatic rings. The van der Waals surface area contributed by atoms with Crippen molar-refractivity contribution < 1.29 is 18.3 Å². The second-order valence-electron chi connectivity index (χ2n) is 12.0. The van der Waals surface area contributed by atoms with Gasteiger partial charge in [0.2, 0.25) is 0 Å². The second kappa shape index (κ2) is 11.5. The van der Waals surface area contributed by atoms with E-state index in [2.05, 4.69) is 25.7 Å². The van der Waals surface area contributed by atoms with Crippen LogP contribution < -0.4 is 0 Å². The normalized spacial score (nSPS) is 12.3. The number of hydrogen-bond donors (Lipinski definition) is 1. The van der Waals surface area contributed by atoms with Crippen LogP contribution in [0.25, 0.3) is 21.9 Å². The molecule has 0 atom stereocenters. The van der Waals surface area contributed by atoms with Gasteiger partial charge in [0.05, 0.1) is 39.7 Å². The Balaban J connectivity index is 1.61. The minimum Gasteiger partial charge on any atom is -0.392 e. The Labute approximate surface area is 247 Å². The zero-order chi connectivity index (χ0) is 30.2. The molecular weight excluding hydrogens is 565 g/mol. The van der Waals surface area contributed by atoms with Crippen LogP contribution in [0, 0.1) is 25.2 Å². The molecule has 0 aliphatic heterocycles. The fourth-order valence-corrected chi connectivity index (χ4v) is 7.34. The first kappa shape index (κ1) is 29.7. The van der Waals surface area contributed by atoms with Gasteiger partial charge in [-0.15, -0.1) is 0 Å². The predicted molar refractivity (Wildman–Crippen MR) is 168 cm³/mol. The van der Waals surface area contributed by atoms with E-state index >= 15 is 0 Å². The van der Waals surface area contributed by atoms with E-state index in [1.165, 1.54) is 3.97 Å². The molecule has 42 heavy (non-hydrogen) atoms. The molecule has 10 heteroatoms. The van der Waals surface area contributed by atoms with Crippen LogP contribution in [0.1, 0.15) is 33.6 Å². The van der Waals surface area contributed by atoms with Gasteiger partial charge in [-0.25, -0.2) is 17.4 Å². The largest absolute Gasteiger partial charge is 0.392 e. The molecule has 218 valence electrons. The summed E-state index contributed by atoms with van der Waals surface area (Å²) in [5.41, 5.74) is 5.91. The number of fused-ring (bicyclic) bond motifs is 2. The summed E-state index contributed by atoms with van der Waals surface area (Å²) in [5, 5.41) is 20.4. The lowest BCUT2D eigenvalue weighted by Crippen LogP contribution is -2.22. The lowest BCUT2D eigenvalue weighted by Gasteiger charge is -2.17. The number of nitriles is 1. The van der Waals surface area contributed by atoms with Gasteiger partial charge >= 0.3 is 0 Å². The van der Waals surface area contributed by atoms with Crippen LogP contribution in [-0.4, -0.2) is 41.7 Å². The molecule has 8 nitrogen and oxygen atoms in total. The number of imidazole rings is 1. The number of aliphatic hydroxyl groups is 1. The van der Waals surface area contributed by atoms with Gasteiger partial charge in [0.15, 0.2) is 0 Å². The molecule has 5 rings (SSSR count). The van der Waals surface area contributed by atoms with E-state index in [-0.39, 0.29) is 11.5 Å². The summed E-state index contributed by atoms with van der Waals surface area (Å²) in [4.78, 5) is 5.09.